The fourth-order valence-corrected chi connectivity index (χ4v) is 3.78. The molecule has 30 heavy (non-hydrogen) atoms. The van der Waals surface area contributed by atoms with Gasteiger partial charge in [0, 0.05) is 31.5 Å². The number of hydrogen-bond acceptors (Lipinski definition) is 5. The molecule has 2 fully saturated rings. The van der Waals surface area contributed by atoms with Gasteiger partial charge in [-0.3, -0.25) is 9.59 Å². The average molecular weight is 413 g/mol. The van der Waals surface area contributed by atoms with Gasteiger partial charge in [-0.1, -0.05) is 12.1 Å². The maximum atomic E-state index is 13.3. The smallest absolute Gasteiger partial charge is 0.256 e. The standard InChI is InChI=1S/C22H24FN3O4/c1-25-19(27)14-30-21(20(25)15-2-4-16(23)5-3-15)22(28)24-17-6-8-18(9-7-17)26-10-12-29-13-11-26/h2-9,20-21H,10-14H2,1H3,(H,24,28)/t20-,21+/m0/s1. The molecule has 2 aliphatic rings. The summed E-state index contributed by atoms with van der Waals surface area (Å²) in [5.74, 6) is -0.975. The van der Waals surface area contributed by atoms with Gasteiger partial charge in [-0.15, -0.1) is 0 Å². The lowest BCUT2D eigenvalue weighted by Gasteiger charge is -2.38. The van der Waals surface area contributed by atoms with Gasteiger partial charge >= 0.3 is 0 Å². The molecule has 0 unspecified atom stereocenters. The molecule has 2 heterocycles. The summed E-state index contributed by atoms with van der Waals surface area (Å²) in [4.78, 5) is 28.8. The zero-order valence-corrected chi connectivity index (χ0v) is 16.7. The largest absolute Gasteiger partial charge is 0.378 e. The molecule has 2 atom stereocenters. The topological polar surface area (TPSA) is 71.1 Å². The summed E-state index contributed by atoms with van der Waals surface area (Å²) < 4.78 is 24.3. The molecule has 7 nitrogen and oxygen atoms in total. The van der Waals surface area contributed by atoms with Crippen LogP contribution in [0.1, 0.15) is 11.6 Å². The maximum Gasteiger partial charge on any atom is 0.256 e. The van der Waals surface area contributed by atoms with Crippen molar-refractivity contribution >= 4 is 23.2 Å². The van der Waals surface area contributed by atoms with Gasteiger partial charge in [0.05, 0.1) is 19.3 Å². The number of rotatable bonds is 4. The summed E-state index contributed by atoms with van der Waals surface area (Å²) in [5, 5.41) is 2.87. The Labute approximate surface area is 174 Å². The lowest BCUT2D eigenvalue weighted by Crippen LogP contribution is -2.51. The lowest BCUT2D eigenvalue weighted by molar-refractivity contribution is -0.160. The van der Waals surface area contributed by atoms with E-state index in [4.69, 9.17) is 9.47 Å². The van der Waals surface area contributed by atoms with Crippen LogP contribution in [-0.4, -0.2) is 62.8 Å². The summed E-state index contributed by atoms with van der Waals surface area (Å²) in [6.45, 7) is 2.90. The Morgan fingerprint density at radius 2 is 1.73 bits per heavy atom. The molecule has 0 radical (unpaired) electrons. The number of nitrogens with zero attached hydrogens (tertiary/aromatic N) is 2. The summed E-state index contributed by atoms with van der Waals surface area (Å²) >= 11 is 0. The third kappa shape index (κ3) is 4.29. The van der Waals surface area contributed by atoms with E-state index in [9.17, 15) is 14.0 Å². The number of likely N-dealkylation sites (N-methyl/N-ethyl adjacent to an activating group) is 1. The number of ether oxygens (including phenoxy) is 2. The number of carbonyl (C=O) groups excluding carboxylic acids is 2. The van der Waals surface area contributed by atoms with Crippen LogP contribution >= 0.6 is 0 Å². The van der Waals surface area contributed by atoms with E-state index in [1.165, 1.54) is 17.0 Å². The molecule has 158 valence electrons. The van der Waals surface area contributed by atoms with Crippen LogP contribution in [0.3, 0.4) is 0 Å². The normalized spacial score (nSPS) is 22.1. The van der Waals surface area contributed by atoms with E-state index in [1.54, 1.807) is 19.2 Å². The predicted octanol–water partition coefficient (Wildman–Crippen LogP) is 2.20. The minimum atomic E-state index is -0.905. The first-order valence-electron chi connectivity index (χ1n) is 9.89. The third-order valence-electron chi connectivity index (χ3n) is 5.46. The van der Waals surface area contributed by atoms with Crippen LogP contribution in [0.25, 0.3) is 0 Å². The summed E-state index contributed by atoms with van der Waals surface area (Å²) in [7, 11) is 1.62. The van der Waals surface area contributed by atoms with Gasteiger partial charge < -0.3 is 24.6 Å². The summed E-state index contributed by atoms with van der Waals surface area (Å²) in [6.07, 6.45) is -0.905. The average Bonchev–Trinajstić information content (AvgIpc) is 2.77. The van der Waals surface area contributed by atoms with Crippen LogP contribution in [0.5, 0.6) is 0 Å². The first-order valence-corrected chi connectivity index (χ1v) is 9.89. The first-order chi connectivity index (χ1) is 14.5. The van der Waals surface area contributed by atoms with Crippen LogP contribution < -0.4 is 10.2 Å². The van der Waals surface area contributed by atoms with Crippen molar-refractivity contribution in [3.8, 4) is 0 Å². The molecule has 2 aromatic carbocycles. The number of morpholine rings is 2. The zero-order chi connectivity index (χ0) is 21.1. The molecule has 2 aromatic rings. The molecule has 1 N–H and O–H groups in total. The molecule has 2 aliphatic heterocycles. The van der Waals surface area contributed by atoms with Gasteiger partial charge in [0.25, 0.3) is 5.91 Å². The first kappa shape index (κ1) is 20.3. The molecule has 4 rings (SSSR count). The van der Waals surface area contributed by atoms with Crippen molar-refractivity contribution in [2.75, 3.05) is 50.2 Å². The molecule has 0 bridgehead atoms. The summed E-state index contributed by atoms with van der Waals surface area (Å²) in [5.41, 5.74) is 2.34. The molecule has 8 heteroatoms. The Kier molecular flexibility index (Phi) is 5.96. The van der Waals surface area contributed by atoms with Crippen molar-refractivity contribution in [3.05, 3.63) is 59.9 Å². The molecule has 0 aromatic heterocycles. The van der Waals surface area contributed by atoms with Crippen LogP contribution in [0.15, 0.2) is 48.5 Å². The second-order valence-corrected chi connectivity index (χ2v) is 7.37. The van der Waals surface area contributed by atoms with Gasteiger partial charge in [0.1, 0.15) is 12.4 Å². The highest BCUT2D eigenvalue weighted by Crippen LogP contribution is 2.30. The van der Waals surface area contributed by atoms with E-state index >= 15 is 0 Å². The number of nitrogens with one attached hydrogen (secondary N) is 1. The molecular weight excluding hydrogens is 389 g/mol. The fraction of sp³-hybridized carbons (Fsp3) is 0.364. The second kappa shape index (κ2) is 8.81. The van der Waals surface area contributed by atoms with Gasteiger partial charge in [0.15, 0.2) is 6.10 Å². The monoisotopic (exact) mass is 413 g/mol. The molecular formula is C22H24FN3O4. The number of benzene rings is 2. The van der Waals surface area contributed by atoms with Gasteiger partial charge in [-0.05, 0) is 42.0 Å². The van der Waals surface area contributed by atoms with Crippen molar-refractivity contribution in [2.24, 2.45) is 0 Å². The van der Waals surface area contributed by atoms with Gasteiger partial charge in [0.2, 0.25) is 5.91 Å². The molecule has 2 saturated heterocycles. The highest BCUT2D eigenvalue weighted by molar-refractivity contribution is 5.96. The highest BCUT2D eigenvalue weighted by Gasteiger charge is 2.40. The molecule has 2 amide bonds. The van der Waals surface area contributed by atoms with E-state index in [1.807, 2.05) is 24.3 Å². The predicted molar refractivity (Wildman–Crippen MR) is 110 cm³/mol. The number of halogens is 1. The minimum Gasteiger partial charge on any atom is -0.378 e. The number of carbonyl (C=O) groups is 2. The van der Waals surface area contributed by atoms with Gasteiger partial charge in [-0.25, -0.2) is 4.39 Å². The maximum absolute atomic E-state index is 13.3. The highest BCUT2D eigenvalue weighted by atomic mass is 19.1. The zero-order valence-electron chi connectivity index (χ0n) is 16.7. The van der Waals surface area contributed by atoms with E-state index < -0.39 is 12.1 Å². The Morgan fingerprint density at radius 3 is 2.40 bits per heavy atom. The number of hydrogen-bond donors (Lipinski definition) is 1. The van der Waals surface area contributed by atoms with Crippen LogP contribution in [0.2, 0.25) is 0 Å². The van der Waals surface area contributed by atoms with E-state index in [2.05, 4.69) is 10.2 Å². The quantitative estimate of drug-likeness (QED) is 0.832. The van der Waals surface area contributed by atoms with E-state index in [-0.39, 0.29) is 24.2 Å². The van der Waals surface area contributed by atoms with Crippen molar-refractivity contribution < 1.29 is 23.5 Å². The van der Waals surface area contributed by atoms with Gasteiger partial charge in [-0.2, -0.15) is 0 Å². The fourth-order valence-electron chi connectivity index (χ4n) is 3.78. The van der Waals surface area contributed by atoms with Crippen molar-refractivity contribution in [1.29, 1.82) is 0 Å². The number of anilines is 2. The number of amides is 2. The molecule has 0 spiro atoms. The summed E-state index contributed by atoms with van der Waals surface area (Å²) in [6, 6.07) is 12.7. The lowest BCUT2D eigenvalue weighted by atomic mass is 9.97. The third-order valence-corrected chi connectivity index (χ3v) is 5.46. The SMILES string of the molecule is CN1C(=O)CO[C@@H](C(=O)Nc2ccc(N3CCOCC3)cc2)[C@@H]1c1ccc(F)cc1. The molecule has 0 saturated carbocycles. The Hall–Kier alpha value is -2.97. The van der Waals surface area contributed by atoms with Crippen LogP contribution in [0.4, 0.5) is 15.8 Å². The van der Waals surface area contributed by atoms with Crippen molar-refractivity contribution in [1.82, 2.24) is 4.90 Å². The van der Waals surface area contributed by atoms with Crippen molar-refractivity contribution in [3.63, 3.8) is 0 Å². The molecule has 0 aliphatic carbocycles. The van der Waals surface area contributed by atoms with Crippen molar-refractivity contribution in [2.45, 2.75) is 12.1 Å². The Morgan fingerprint density at radius 1 is 1.07 bits per heavy atom. The second-order valence-electron chi connectivity index (χ2n) is 7.37. The Bertz CT molecular complexity index is 898. The minimum absolute atomic E-state index is 0.178. The van der Waals surface area contributed by atoms with Crippen LogP contribution in [0, 0.1) is 5.82 Å². The van der Waals surface area contributed by atoms with E-state index in [0.717, 1.165) is 18.8 Å². The Balaban J connectivity index is 1.49. The van der Waals surface area contributed by atoms with E-state index in [0.29, 0.717) is 24.5 Å². The van der Waals surface area contributed by atoms with Crippen LogP contribution in [-0.2, 0) is 19.1 Å².